The Bertz CT molecular complexity index is 566. The first-order valence-electron chi connectivity index (χ1n) is 8.27. The van der Waals surface area contributed by atoms with E-state index >= 15 is 0 Å². The molecular weight excluding hydrogens is 282 g/mol. The van der Waals surface area contributed by atoms with E-state index < -0.39 is 0 Å². The normalized spacial score (nSPS) is 12.9. The van der Waals surface area contributed by atoms with Gasteiger partial charge in [-0.2, -0.15) is 0 Å². The number of hydrogen-bond donors (Lipinski definition) is 0. The predicted molar refractivity (Wildman–Crippen MR) is 99.4 cm³/mol. The van der Waals surface area contributed by atoms with Crippen LogP contribution in [0.1, 0.15) is 79.0 Å². The lowest BCUT2D eigenvalue weighted by Gasteiger charge is -2.35. The van der Waals surface area contributed by atoms with Crippen LogP contribution in [0.5, 0.6) is 0 Å². The summed E-state index contributed by atoms with van der Waals surface area (Å²) >= 11 is 0. The Morgan fingerprint density at radius 3 is 1.52 bits per heavy atom. The number of rotatable bonds is 2. The monoisotopic (exact) mass is 314 g/mol. The molecule has 0 spiro atoms. The summed E-state index contributed by atoms with van der Waals surface area (Å²) in [4.78, 5) is 0. The molecule has 0 aliphatic carbocycles. The Hall–Kier alpha value is -1.46. The molecule has 0 unspecified atom stereocenters. The van der Waals surface area contributed by atoms with Gasteiger partial charge >= 0.3 is 0 Å². The fourth-order valence-electron chi connectivity index (χ4n) is 2.64. The van der Waals surface area contributed by atoms with Gasteiger partial charge in [-0.3, -0.25) is 0 Å². The molecule has 0 amide bonds. The smallest absolute Gasteiger partial charge is 0.109 e. The number of anilines is 1. The second-order valence-corrected chi connectivity index (χ2v) is 9.41. The summed E-state index contributed by atoms with van der Waals surface area (Å²) in [5.74, 6) is 2.48. The van der Waals surface area contributed by atoms with Crippen molar-refractivity contribution in [3.8, 4) is 12.3 Å². The molecule has 1 aromatic rings. The van der Waals surface area contributed by atoms with E-state index in [9.17, 15) is 5.21 Å². The molecule has 127 valence electrons. The Morgan fingerprint density at radius 2 is 1.26 bits per heavy atom. The van der Waals surface area contributed by atoms with E-state index in [0.29, 0.717) is 0 Å². The molecule has 0 N–H and O–H groups in total. The fourth-order valence-corrected chi connectivity index (χ4v) is 2.64. The lowest BCUT2D eigenvalue weighted by atomic mass is 9.74. The molecular formula is C21H32NO. The number of hydroxylamine groups is 1. The van der Waals surface area contributed by atoms with E-state index in [1.165, 1.54) is 5.56 Å². The molecule has 0 aromatic heterocycles. The molecule has 23 heavy (non-hydrogen) atoms. The van der Waals surface area contributed by atoms with Gasteiger partial charge in [-0.1, -0.05) is 85.6 Å². The highest BCUT2D eigenvalue weighted by atomic mass is 16.5. The van der Waals surface area contributed by atoms with Crippen LogP contribution in [0, 0.1) is 12.3 Å². The van der Waals surface area contributed by atoms with Gasteiger partial charge in [0.2, 0.25) is 0 Å². The standard InChI is InChI=1S/C21H32NO/c1-11-12-22(23)18-16(20(5,6)7)13-15(19(2,3)4)14-17(18)21(8,9)10/h1,13-14H,12H2,2-10H3. The van der Waals surface area contributed by atoms with Crippen LogP contribution >= 0.6 is 0 Å². The Labute approximate surface area is 142 Å². The fraction of sp³-hybridized carbons (Fsp3) is 0.619. The Kier molecular flexibility index (Phi) is 5.29. The second kappa shape index (κ2) is 6.21. The van der Waals surface area contributed by atoms with E-state index in [0.717, 1.165) is 21.9 Å². The summed E-state index contributed by atoms with van der Waals surface area (Å²) in [5, 5.41) is 13.7. The van der Waals surface area contributed by atoms with E-state index in [4.69, 9.17) is 6.42 Å². The van der Waals surface area contributed by atoms with Crippen molar-refractivity contribution in [3.63, 3.8) is 0 Å². The van der Waals surface area contributed by atoms with Gasteiger partial charge in [0.05, 0.1) is 5.69 Å². The van der Waals surface area contributed by atoms with Crippen LogP contribution in [0.3, 0.4) is 0 Å². The van der Waals surface area contributed by atoms with Gasteiger partial charge in [0.25, 0.3) is 0 Å². The topological polar surface area (TPSA) is 23.1 Å². The van der Waals surface area contributed by atoms with E-state index in [1.54, 1.807) is 0 Å². The third kappa shape index (κ3) is 4.52. The molecule has 1 rings (SSSR count). The van der Waals surface area contributed by atoms with Crippen molar-refractivity contribution in [1.82, 2.24) is 0 Å². The zero-order valence-electron chi connectivity index (χ0n) is 16.3. The minimum absolute atomic E-state index is 0.0262. The maximum atomic E-state index is 12.7. The van der Waals surface area contributed by atoms with E-state index in [-0.39, 0.29) is 22.8 Å². The zero-order valence-corrected chi connectivity index (χ0v) is 16.3. The summed E-state index contributed by atoms with van der Waals surface area (Å²) in [6.45, 7) is 19.6. The van der Waals surface area contributed by atoms with Crippen LogP contribution in [0.15, 0.2) is 12.1 Å². The van der Waals surface area contributed by atoms with Gasteiger partial charge in [0, 0.05) is 0 Å². The first-order valence-corrected chi connectivity index (χ1v) is 8.27. The minimum Gasteiger partial charge on any atom is -0.208 e. The molecule has 1 radical (unpaired) electrons. The molecule has 0 aliphatic heterocycles. The van der Waals surface area contributed by atoms with Crippen LogP contribution < -0.4 is 5.06 Å². The average molecular weight is 314 g/mol. The van der Waals surface area contributed by atoms with Gasteiger partial charge in [-0.15, -0.1) is 6.42 Å². The molecule has 2 heteroatoms. The number of hydrogen-bond acceptors (Lipinski definition) is 1. The highest BCUT2D eigenvalue weighted by Gasteiger charge is 2.31. The third-order valence-electron chi connectivity index (χ3n) is 4.08. The molecule has 0 saturated carbocycles. The molecule has 0 aliphatic rings. The van der Waals surface area contributed by atoms with Crippen LogP contribution in [-0.4, -0.2) is 6.54 Å². The summed E-state index contributed by atoms with van der Waals surface area (Å²) < 4.78 is 0. The Balaban J connectivity index is 3.87. The van der Waals surface area contributed by atoms with E-state index in [1.807, 2.05) is 0 Å². The summed E-state index contributed by atoms with van der Waals surface area (Å²) in [6.07, 6.45) is 5.39. The third-order valence-corrected chi connectivity index (χ3v) is 4.08. The molecule has 0 saturated heterocycles. The molecule has 1 aromatic carbocycles. The molecule has 2 nitrogen and oxygen atoms in total. The van der Waals surface area contributed by atoms with Crippen LogP contribution in [0.4, 0.5) is 5.69 Å². The quantitative estimate of drug-likeness (QED) is 0.532. The highest BCUT2D eigenvalue weighted by molar-refractivity contribution is 5.65. The van der Waals surface area contributed by atoms with Crippen molar-refractivity contribution in [2.24, 2.45) is 0 Å². The highest BCUT2D eigenvalue weighted by Crippen LogP contribution is 2.42. The lowest BCUT2D eigenvalue weighted by molar-refractivity contribution is 0.166. The molecule has 0 atom stereocenters. The molecule has 0 bridgehead atoms. The average Bonchev–Trinajstić information content (AvgIpc) is 2.34. The second-order valence-electron chi connectivity index (χ2n) is 9.41. The van der Waals surface area contributed by atoms with Crippen molar-refractivity contribution in [1.29, 1.82) is 0 Å². The van der Waals surface area contributed by atoms with Gasteiger partial charge in [0.1, 0.15) is 6.54 Å². The summed E-state index contributed by atoms with van der Waals surface area (Å²) in [5.41, 5.74) is 3.90. The van der Waals surface area contributed by atoms with Crippen molar-refractivity contribution >= 4 is 5.69 Å². The maximum Gasteiger partial charge on any atom is 0.109 e. The molecule has 0 heterocycles. The lowest BCUT2D eigenvalue weighted by Crippen LogP contribution is -2.29. The van der Waals surface area contributed by atoms with Crippen molar-refractivity contribution in [2.45, 2.75) is 78.6 Å². The summed E-state index contributed by atoms with van der Waals surface area (Å²) in [7, 11) is 0. The number of benzene rings is 1. The van der Waals surface area contributed by atoms with Crippen molar-refractivity contribution in [3.05, 3.63) is 28.8 Å². The first-order chi connectivity index (χ1) is 10.2. The van der Waals surface area contributed by atoms with Crippen molar-refractivity contribution in [2.75, 3.05) is 11.6 Å². The van der Waals surface area contributed by atoms with Crippen LogP contribution in [0.25, 0.3) is 0 Å². The Morgan fingerprint density at radius 1 is 0.870 bits per heavy atom. The minimum atomic E-state index is -0.131. The van der Waals surface area contributed by atoms with E-state index in [2.05, 4.69) is 80.4 Å². The van der Waals surface area contributed by atoms with Crippen molar-refractivity contribution < 1.29 is 5.21 Å². The number of nitrogens with zero attached hydrogens (tertiary/aromatic N) is 1. The first kappa shape index (κ1) is 19.6. The number of terminal acetylenes is 1. The van der Waals surface area contributed by atoms with Crippen LogP contribution in [-0.2, 0) is 21.5 Å². The van der Waals surface area contributed by atoms with Gasteiger partial charge in [0.15, 0.2) is 0 Å². The summed E-state index contributed by atoms with van der Waals surface area (Å²) in [6, 6.07) is 4.37. The predicted octanol–water partition coefficient (Wildman–Crippen LogP) is 5.36. The largest absolute Gasteiger partial charge is 0.208 e. The molecule has 0 fully saturated rings. The van der Waals surface area contributed by atoms with Crippen LogP contribution in [0.2, 0.25) is 0 Å². The van der Waals surface area contributed by atoms with Gasteiger partial charge < -0.3 is 0 Å². The maximum absolute atomic E-state index is 12.7. The van der Waals surface area contributed by atoms with Gasteiger partial charge in [-0.25, -0.2) is 5.06 Å². The van der Waals surface area contributed by atoms with Gasteiger partial charge in [-0.05, 0) is 32.9 Å². The zero-order chi connectivity index (χ0) is 18.2. The SMILES string of the molecule is C#CCN([O])c1c(C(C)(C)C)cc(C(C)(C)C)cc1C(C)(C)C.